The van der Waals surface area contributed by atoms with Crippen LogP contribution in [0.5, 0.6) is 5.88 Å². The average molecular weight is 382 g/mol. The molecule has 2 aromatic rings. The molecule has 0 N–H and O–H groups in total. The number of aromatic nitrogens is 2. The molecule has 0 radical (unpaired) electrons. The number of hydrogen-bond acceptors (Lipinski definition) is 6. The first kappa shape index (κ1) is 18.9. The molecule has 0 unspecified atom stereocenters. The quantitative estimate of drug-likeness (QED) is 0.560. The SMILES string of the molecule is CN(c1ncc(C(F)(F)F)c(OC2CCCC2)n1)c1ccccc1[N+](=O)[O-]. The van der Waals surface area contributed by atoms with Crippen LogP contribution < -0.4 is 9.64 Å². The maximum atomic E-state index is 13.3. The van der Waals surface area contributed by atoms with Gasteiger partial charge in [-0.05, 0) is 31.7 Å². The average Bonchev–Trinajstić information content (AvgIpc) is 3.13. The van der Waals surface area contributed by atoms with Gasteiger partial charge in [0.05, 0.1) is 4.92 Å². The molecular formula is C17H17F3N4O3. The molecule has 1 aromatic heterocycles. The smallest absolute Gasteiger partial charge is 0.423 e. The van der Waals surface area contributed by atoms with E-state index in [1.54, 1.807) is 6.07 Å². The first-order chi connectivity index (χ1) is 12.8. The standard InChI is InChI=1S/C17H17F3N4O3/c1-23(13-8-4-5-9-14(13)24(25)26)16-21-10-12(17(18,19)20)15(22-16)27-11-6-2-3-7-11/h4-5,8-11H,2-3,6-7H2,1H3. The van der Waals surface area contributed by atoms with Gasteiger partial charge in [0.1, 0.15) is 17.4 Å². The van der Waals surface area contributed by atoms with Crippen molar-refractivity contribution in [1.29, 1.82) is 0 Å². The number of anilines is 2. The lowest BCUT2D eigenvalue weighted by Gasteiger charge is -2.21. The van der Waals surface area contributed by atoms with E-state index in [4.69, 9.17) is 4.74 Å². The van der Waals surface area contributed by atoms with Crippen LogP contribution in [0.25, 0.3) is 0 Å². The molecule has 144 valence electrons. The molecule has 7 nitrogen and oxygen atoms in total. The molecule has 1 heterocycles. The minimum Gasteiger partial charge on any atom is -0.474 e. The highest BCUT2D eigenvalue weighted by molar-refractivity contribution is 5.68. The molecule has 3 rings (SSSR count). The van der Waals surface area contributed by atoms with Gasteiger partial charge in [-0.2, -0.15) is 18.2 Å². The van der Waals surface area contributed by atoms with Crippen LogP contribution in [0.15, 0.2) is 30.5 Å². The first-order valence-electron chi connectivity index (χ1n) is 8.35. The van der Waals surface area contributed by atoms with Crippen molar-refractivity contribution in [1.82, 2.24) is 9.97 Å². The van der Waals surface area contributed by atoms with E-state index in [-0.39, 0.29) is 23.4 Å². The highest BCUT2D eigenvalue weighted by Gasteiger charge is 2.37. The van der Waals surface area contributed by atoms with Crippen molar-refractivity contribution in [2.75, 3.05) is 11.9 Å². The van der Waals surface area contributed by atoms with E-state index in [1.165, 1.54) is 30.1 Å². The predicted octanol–water partition coefficient (Wildman–Crippen LogP) is 4.49. The van der Waals surface area contributed by atoms with Crippen LogP contribution in [-0.4, -0.2) is 28.0 Å². The zero-order chi connectivity index (χ0) is 19.6. The lowest BCUT2D eigenvalue weighted by Crippen LogP contribution is -2.20. The second kappa shape index (κ2) is 7.37. The Balaban J connectivity index is 1.99. The normalized spacial score (nSPS) is 15.0. The fourth-order valence-electron chi connectivity index (χ4n) is 2.98. The Labute approximate surface area is 152 Å². The molecule has 0 amide bonds. The zero-order valence-electron chi connectivity index (χ0n) is 14.4. The van der Waals surface area contributed by atoms with E-state index in [0.717, 1.165) is 12.8 Å². The van der Waals surface area contributed by atoms with Gasteiger partial charge < -0.3 is 9.64 Å². The van der Waals surface area contributed by atoms with E-state index in [0.29, 0.717) is 19.0 Å². The summed E-state index contributed by atoms with van der Waals surface area (Å²) in [5.41, 5.74) is -1.11. The van der Waals surface area contributed by atoms with Crippen molar-refractivity contribution < 1.29 is 22.8 Å². The molecule has 0 bridgehead atoms. The predicted molar refractivity (Wildman–Crippen MR) is 91.1 cm³/mol. The van der Waals surface area contributed by atoms with Gasteiger partial charge in [0.25, 0.3) is 5.69 Å². The van der Waals surface area contributed by atoms with Crippen molar-refractivity contribution in [3.63, 3.8) is 0 Å². The second-order valence-corrected chi connectivity index (χ2v) is 6.22. The summed E-state index contributed by atoms with van der Waals surface area (Å²) in [4.78, 5) is 19.6. The van der Waals surface area contributed by atoms with Crippen LogP contribution >= 0.6 is 0 Å². The fraction of sp³-hybridized carbons (Fsp3) is 0.412. The number of nitro benzene ring substituents is 1. The third-order valence-corrected chi connectivity index (χ3v) is 4.37. The van der Waals surface area contributed by atoms with Crippen LogP contribution in [0.2, 0.25) is 0 Å². The Bertz CT molecular complexity index is 838. The number of nitrogens with zero attached hydrogens (tertiary/aromatic N) is 4. The summed E-state index contributed by atoms with van der Waals surface area (Å²) in [7, 11) is 1.45. The Kier molecular flexibility index (Phi) is 5.15. The molecule has 27 heavy (non-hydrogen) atoms. The van der Waals surface area contributed by atoms with Gasteiger partial charge in [-0.15, -0.1) is 0 Å². The molecule has 0 aliphatic heterocycles. The minimum absolute atomic E-state index is 0.120. The number of rotatable bonds is 5. The topological polar surface area (TPSA) is 81.4 Å². The number of para-hydroxylation sites is 2. The summed E-state index contributed by atoms with van der Waals surface area (Å²) in [6.07, 6.45) is -1.24. The molecule has 0 atom stereocenters. The fourth-order valence-corrected chi connectivity index (χ4v) is 2.98. The number of halogens is 3. The molecule has 1 aromatic carbocycles. The molecule has 1 fully saturated rings. The number of nitro groups is 1. The lowest BCUT2D eigenvalue weighted by molar-refractivity contribution is -0.384. The van der Waals surface area contributed by atoms with Crippen LogP contribution in [0.3, 0.4) is 0 Å². The number of ether oxygens (including phenoxy) is 1. The van der Waals surface area contributed by atoms with Crippen molar-refractivity contribution in [3.8, 4) is 5.88 Å². The highest BCUT2D eigenvalue weighted by Crippen LogP contribution is 2.38. The molecule has 1 saturated carbocycles. The van der Waals surface area contributed by atoms with Crippen LogP contribution in [-0.2, 0) is 6.18 Å². The van der Waals surface area contributed by atoms with E-state index in [1.807, 2.05) is 0 Å². The summed E-state index contributed by atoms with van der Waals surface area (Å²) >= 11 is 0. The van der Waals surface area contributed by atoms with Crippen molar-refractivity contribution in [2.24, 2.45) is 0 Å². The Morgan fingerprint density at radius 1 is 1.26 bits per heavy atom. The van der Waals surface area contributed by atoms with Crippen LogP contribution in [0, 0.1) is 10.1 Å². The monoisotopic (exact) mass is 382 g/mol. The number of hydrogen-bond donors (Lipinski definition) is 0. The van der Waals surface area contributed by atoms with Crippen molar-refractivity contribution in [2.45, 2.75) is 38.0 Å². The van der Waals surface area contributed by atoms with E-state index in [9.17, 15) is 23.3 Å². The van der Waals surface area contributed by atoms with Gasteiger partial charge in [0.15, 0.2) is 0 Å². The molecule has 1 aliphatic rings. The summed E-state index contributed by atoms with van der Waals surface area (Å²) in [5.74, 6) is -0.671. The van der Waals surface area contributed by atoms with E-state index < -0.39 is 22.5 Å². The number of benzene rings is 1. The third kappa shape index (κ3) is 4.09. The van der Waals surface area contributed by atoms with Gasteiger partial charge >= 0.3 is 6.18 Å². The minimum atomic E-state index is -4.66. The van der Waals surface area contributed by atoms with Crippen LogP contribution in [0.1, 0.15) is 31.2 Å². The van der Waals surface area contributed by atoms with Crippen molar-refractivity contribution >= 4 is 17.3 Å². The molecule has 10 heteroatoms. The van der Waals surface area contributed by atoms with E-state index in [2.05, 4.69) is 9.97 Å². The third-order valence-electron chi connectivity index (χ3n) is 4.37. The largest absolute Gasteiger partial charge is 0.474 e. The van der Waals surface area contributed by atoms with Gasteiger partial charge in [-0.25, -0.2) is 4.98 Å². The summed E-state index contributed by atoms with van der Waals surface area (Å²) < 4.78 is 45.4. The summed E-state index contributed by atoms with van der Waals surface area (Å²) in [6.45, 7) is 0. The van der Waals surface area contributed by atoms with Gasteiger partial charge in [0.2, 0.25) is 11.8 Å². The molecule has 0 spiro atoms. The molecule has 0 saturated heterocycles. The van der Waals surface area contributed by atoms with Gasteiger partial charge in [-0.1, -0.05) is 12.1 Å². The first-order valence-corrected chi connectivity index (χ1v) is 8.35. The Morgan fingerprint density at radius 2 is 1.93 bits per heavy atom. The van der Waals surface area contributed by atoms with Crippen molar-refractivity contribution in [3.05, 3.63) is 46.1 Å². The Morgan fingerprint density at radius 3 is 2.56 bits per heavy atom. The summed E-state index contributed by atoms with van der Waals surface area (Å²) in [5, 5.41) is 11.2. The Hall–Kier alpha value is -2.91. The maximum Gasteiger partial charge on any atom is 0.423 e. The molecular weight excluding hydrogens is 365 g/mol. The number of alkyl halides is 3. The molecule has 1 aliphatic carbocycles. The lowest BCUT2D eigenvalue weighted by atomic mass is 10.2. The highest BCUT2D eigenvalue weighted by atomic mass is 19.4. The summed E-state index contributed by atoms with van der Waals surface area (Å²) in [6, 6.07) is 5.85. The zero-order valence-corrected chi connectivity index (χ0v) is 14.4. The maximum absolute atomic E-state index is 13.3. The van der Waals surface area contributed by atoms with Crippen LogP contribution in [0.4, 0.5) is 30.5 Å². The van der Waals surface area contributed by atoms with E-state index >= 15 is 0 Å². The van der Waals surface area contributed by atoms with Gasteiger partial charge in [-0.3, -0.25) is 10.1 Å². The second-order valence-electron chi connectivity index (χ2n) is 6.22. The van der Waals surface area contributed by atoms with Gasteiger partial charge in [0, 0.05) is 19.3 Å².